The zero-order chi connectivity index (χ0) is 20.2. The maximum Gasteiger partial charge on any atom is 0.286 e. The van der Waals surface area contributed by atoms with Crippen LogP contribution >= 0.6 is 46.7 Å². The summed E-state index contributed by atoms with van der Waals surface area (Å²) in [4.78, 5) is 12.3. The molecule has 0 saturated heterocycles. The van der Waals surface area contributed by atoms with E-state index in [-0.39, 0.29) is 16.7 Å². The Labute approximate surface area is 182 Å². The van der Waals surface area contributed by atoms with E-state index < -0.39 is 0 Å². The average molecular weight is 462 g/mol. The van der Waals surface area contributed by atoms with Crippen molar-refractivity contribution in [2.45, 2.75) is 10.1 Å². The van der Waals surface area contributed by atoms with E-state index in [4.69, 9.17) is 12.2 Å². The lowest BCUT2D eigenvalue weighted by atomic mass is 10.3. The van der Waals surface area contributed by atoms with Gasteiger partial charge >= 0.3 is 0 Å². The van der Waals surface area contributed by atoms with Gasteiger partial charge in [0.1, 0.15) is 10.8 Å². The molecule has 2 aromatic carbocycles. The summed E-state index contributed by atoms with van der Waals surface area (Å²) in [6, 6.07) is 15.2. The summed E-state index contributed by atoms with van der Waals surface area (Å²) in [6.45, 7) is 0. The van der Waals surface area contributed by atoms with E-state index in [9.17, 15) is 9.18 Å². The molecule has 6 nitrogen and oxygen atoms in total. The first-order chi connectivity index (χ1) is 14.1. The number of anilines is 1. The van der Waals surface area contributed by atoms with E-state index in [0.29, 0.717) is 20.4 Å². The fraction of sp³-hybridized carbons (Fsp3) is 0.0556. The van der Waals surface area contributed by atoms with Crippen molar-refractivity contribution >= 4 is 58.2 Å². The molecule has 29 heavy (non-hydrogen) atoms. The van der Waals surface area contributed by atoms with Gasteiger partial charge in [-0.1, -0.05) is 52.6 Å². The molecule has 0 aliphatic heterocycles. The van der Waals surface area contributed by atoms with Crippen molar-refractivity contribution < 1.29 is 9.18 Å². The average Bonchev–Trinajstić information content (AvgIpc) is 3.35. The Bertz CT molecular complexity index is 1190. The van der Waals surface area contributed by atoms with E-state index >= 15 is 0 Å². The molecule has 0 fully saturated rings. The predicted molar refractivity (Wildman–Crippen MR) is 116 cm³/mol. The Morgan fingerprint density at radius 3 is 2.62 bits per heavy atom. The first-order valence-electron chi connectivity index (χ1n) is 8.26. The molecule has 0 aliphatic carbocycles. The largest absolute Gasteiger partial charge is 0.320 e. The molecule has 11 heteroatoms. The van der Waals surface area contributed by atoms with Crippen LogP contribution in [-0.2, 0) is 5.75 Å². The number of hydrogen-bond donors (Lipinski definition) is 1. The summed E-state index contributed by atoms with van der Waals surface area (Å²) in [5, 5.41) is 16.2. The number of carbonyl (C=O) groups excluding carboxylic acids is 1. The molecule has 146 valence electrons. The van der Waals surface area contributed by atoms with E-state index in [2.05, 4.69) is 20.6 Å². The van der Waals surface area contributed by atoms with Crippen molar-refractivity contribution in [3.8, 4) is 5.69 Å². The summed E-state index contributed by atoms with van der Waals surface area (Å²) < 4.78 is 16.2. The van der Waals surface area contributed by atoms with E-state index in [1.54, 1.807) is 4.68 Å². The second-order valence-corrected chi connectivity index (χ2v) is 9.54. The lowest BCUT2D eigenvalue weighted by Crippen LogP contribution is -2.11. The predicted octanol–water partition coefficient (Wildman–Crippen LogP) is 5.20. The van der Waals surface area contributed by atoms with Crippen molar-refractivity contribution in [3.05, 3.63) is 74.4 Å². The molecular weight excluding hydrogens is 449 g/mol. The standard InChI is InChI=1S/C18H12FN5OS4/c19-11-6-8-12(9-7-11)20-15(25)16-22-21-14(28-16)10-27-17-23-24(18(26)29-17)13-4-2-1-3-5-13/h1-9H,10H2,(H,20,25). The highest BCUT2D eigenvalue weighted by Gasteiger charge is 2.14. The molecule has 2 aromatic heterocycles. The van der Waals surface area contributed by atoms with Gasteiger partial charge in [0, 0.05) is 5.69 Å². The maximum absolute atomic E-state index is 13.0. The fourth-order valence-electron chi connectivity index (χ4n) is 2.30. The lowest BCUT2D eigenvalue weighted by Gasteiger charge is -2.01. The molecule has 2 heterocycles. The van der Waals surface area contributed by atoms with Crippen LogP contribution in [0.25, 0.3) is 5.69 Å². The molecule has 0 radical (unpaired) electrons. The Hall–Kier alpha value is -2.47. The summed E-state index contributed by atoms with van der Waals surface area (Å²) in [6.07, 6.45) is 0. The number of hydrogen-bond acceptors (Lipinski definition) is 8. The molecule has 1 N–H and O–H groups in total. The van der Waals surface area contributed by atoms with Gasteiger partial charge in [-0.3, -0.25) is 4.79 Å². The van der Waals surface area contributed by atoms with Crippen LogP contribution in [0.1, 0.15) is 14.8 Å². The van der Waals surface area contributed by atoms with Gasteiger partial charge in [-0.15, -0.1) is 15.3 Å². The molecule has 4 aromatic rings. The molecule has 0 saturated carbocycles. The van der Waals surface area contributed by atoms with Crippen LogP contribution in [0.5, 0.6) is 0 Å². The number of nitrogens with one attached hydrogen (secondary N) is 1. The molecule has 4 rings (SSSR count). The van der Waals surface area contributed by atoms with Crippen LogP contribution in [0.2, 0.25) is 0 Å². The van der Waals surface area contributed by atoms with E-state index in [1.165, 1.54) is 58.7 Å². The quantitative estimate of drug-likeness (QED) is 0.314. The lowest BCUT2D eigenvalue weighted by molar-refractivity contribution is 0.102. The minimum absolute atomic E-state index is 0.243. The smallest absolute Gasteiger partial charge is 0.286 e. The molecule has 0 aliphatic rings. The summed E-state index contributed by atoms with van der Waals surface area (Å²) in [5.74, 6) is -0.218. The number of nitrogens with zero attached hydrogens (tertiary/aromatic N) is 4. The van der Waals surface area contributed by atoms with Gasteiger partial charge in [-0.2, -0.15) is 0 Å². The van der Waals surface area contributed by atoms with Crippen LogP contribution in [0.3, 0.4) is 0 Å². The van der Waals surface area contributed by atoms with Gasteiger partial charge in [-0.05, 0) is 48.6 Å². The van der Waals surface area contributed by atoms with Crippen LogP contribution in [0, 0.1) is 9.77 Å². The number of halogens is 1. The van der Waals surface area contributed by atoms with Crippen molar-refractivity contribution in [1.82, 2.24) is 20.0 Å². The zero-order valence-corrected chi connectivity index (χ0v) is 17.9. The van der Waals surface area contributed by atoms with Gasteiger partial charge in [0.25, 0.3) is 5.91 Å². The van der Waals surface area contributed by atoms with Crippen molar-refractivity contribution in [2.75, 3.05) is 5.32 Å². The minimum Gasteiger partial charge on any atom is -0.320 e. The molecule has 0 unspecified atom stereocenters. The summed E-state index contributed by atoms with van der Waals surface area (Å²) >= 11 is 9.51. The first-order valence-corrected chi connectivity index (χ1v) is 11.3. The fourth-order valence-corrected chi connectivity index (χ4v) is 5.38. The molecule has 1 amide bonds. The number of thioether (sulfide) groups is 1. The SMILES string of the molecule is O=C(Nc1ccc(F)cc1)c1nnc(CSc2nn(-c3ccccc3)c(=S)s2)s1. The Kier molecular flexibility index (Phi) is 6.09. The van der Waals surface area contributed by atoms with E-state index in [1.807, 2.05) is 30.3 Å². The molecule has 0 spiro atoms. The highest BCUT2D eigenvalue weighted by atomic mass is 32.2. The highest BCUT2D eigenvalue weighted by Crippen LogP contribution is 2.28. The van der Waals surface area contributed by atoms with Gasteiger partial charge in [0.05, 0.1) is 11.4 Å². The minimum atomic E-state index is -0.380. The molecule has 0 atom stereocenters. The Balaban J connectivity index is 1.39. The van der Waals surface area contributed by atoms with Crippen molar-refractivity contribution in [2.24, 2.45) is 0 Å². The first kappa shape index (κ1) is 19.8. The third-order valence-electron chi connectivity index (χ3n) is 3.61. The number of amides is 1. The summed E-state index contributed by atoms with van der Waals surface area (Å²) in [7, 11) is 0. The van der Waals surface area contributed by atoms with Gasteiger partial charge in [-0.25, -0.2) is 9.07 Å². The Morgan fingerprint density at radius 1 is 1.10 bits per heavy atom. The third kappa shape index (κ3) is 4.93. The van der Waals surface area contributed by atoms with Crippen molar-refractivity contribution in [3.63, 3.8) is 0 Å². The van der Waals surface area contributed by atoms with Gasteiger partial charge in [0.2, 0.25) is 5.01 Å². The Morgan fingerprint density at radius 2 is 1.86 bits per heavy atom. The second kappa shape index (κ2) is 8.91. The van der Waals surface area contributed by atoms with Gasteiger partial charge < -0.3 is 5.32 Å². The van der Waals surface area contributed by atoms with E-state index in [0.717, 1.165) is 10.0 Å². The molecule has 0 bridgehead atoms. The number of benzene rings is 2. The van der Waals surface area contributed by atoms with Crippen LogP contribution < -0.4 is 5.32 Å². The second-order valence-electron chi connectivity index (χ2n) is 5.63. The summed E-state index contributed by atoms with van der Waals surface area (Å²) in [5.41, 5.74) is 1.41. The van der Waals surface area contributed by atoms with Gasteiger partial charge in [0.15, 0.2) is 8.29 Å². The van der Waals surface area contributed by atoms with Crippen LogP contribution in [0.4, 0.5) is 10.1 Å². The topological polar surface area (TPSA) is 72.7 Å². The normalized spacial score (nSPS) is 10.8. The number of aromatic nitrogens is 4. The number of rotatable bonds is 6. The van der Waals surface area contributed by atoms with Crippen LogP contribution in [0.15, 0.2) is 58.9 Å². The van der Waals surface area contributed by atoms with Crippen LogP contribution in [-0.4, -0.2) is 25.9 Å². The monoisotopic (exact) mass is 461 g/mol. The molecular formula is C18H12FN5OS4. The highest BCUT2D eigenvalue weighted by molar-refractivity contribution is 8.00. The maximum atomic E-state index is 13.0. The number of para-hydroxylation sites is 1. The zero-order valence-electron chi connectivity index (χ0n) is 14.6. The number of carbonyl (C=O) groups is 1. The third-order valence-corrected chi connectivity index (χ3v) is 7.09. The van der Waals surface area contributed by atoms with Crippen molar-refractivity contribution in [1.29, 1.82) is 0 Å².